The predicted octanol–water partition coefficient (Wildman–Crippen LogP) is 2.97. The van der Waals surface area contributed by atoms with E-state index in [1.165, 1.54) is 0 Å². The molecular formula is C19H24N2O3. The number of fused-ring (bicyclic) bond motifs is 1. The Kier molecular flexibility index (Phi) is 4.06. The molecular weight excluding hydrogens is 304 g/mol. The van der Waals surface area contributed by atoms with Gasteiger partial charge in [0.05, 0.1) is 17.3 Å². The van der Waals surface area contributed by atoms with Gasteiger partial charge in [0, 0.05) is 50.3 Å². The Hall–Kier alpha value is -1.85. The second-order valence-corrected chi connectivity index (χ2v) is 6.92. The Bertz CT molecular complexity index is 731. The summed E-state index contributed by atoms with van der Waals surface area (Å²) in [4.78, 5) is 18.1. The molecule has 0 radical (unpaired) electrons. The van der Waals surface area contributed by atoms with Gasteiger partial charge in [-0.1, -0.05) is 18.2 Å². The van der Waals surface area contributed by atoms with Gasteiger partial charge in [-0.3, -0.25) is 4.79 Å². The topological polar surface area (TPSA) is 54.6 Å². The zero-order valence-electron chi connectivity index (χ0n) is 14.1. The molecule has 1 amide bonds. The highest BCUT2D eigenvalue weighted by Crippen LogP contribution is 2.36. The molecule has 1 spiro atoms. The summed E-state index contributed by atoms with van der Waals surface area (Å²) in [6.07, 6.45) is 5.81. The van der Waals surface area contributed by atoms with Gasteiger partial charge in [-0.15, -0.1) is 0 Å². The highest BCUT2D eigenvalue weighted by molar-refractivity contribution is 6.06. The van der Waals surface area contributed by atoms with Gasteiger partial charge in [-0.2, -0.15) is 0 Å². The molecule has 1 aromatic heterocycles. The van der Waals surface area contributed by atoms with Crippen molar-refractivity contribution in [2.75, 3.05) is 26.8 Å². The van der Waals surface area contributed by atoms with E-state index in [4.69, 9.17) is 9.47 Å². The number of hydrogen-bond acceptors (Lipinski definition) is 3. The third-order valence-corrected chi connectivity index (χ3v) is 5.56. The van der Waals surface area contributed by atoms with E-state index in [9.17, 15) is 4.79 Å². The number of nitrogens with zero attached hydrogens (tertiary/aromatic N) is 1. The van der Waals surface area contributed by atoms with E-state index in [2.05, 4.69) is 4.98 Å². The molecule has 1 unspecified atom stereocenters. The molecule has 2 saturated heterocycles. The summed E-state index contributed by atoms with van der Waals surface area (Å²) in [5.41, 5.74) is 1.67. The number of para-hydroxylation sites is 1. The van der Waals surface area contributed by atoms with Crippen LogP contribution in [0.5, 0.6) is 0 Å². The number of carbonyl (C=O) groups is 1. The largest absolute Gasteiger partial charge is 0.381 e. The number of aromatic amines is 1. The Morgan fingerprint density at radius 1 is 1.33 bits per heavy atom. The second kappa shape index (κ2) is 6.22. The first-order chi connectivity index (χ1) is 11.7. The maximum absolute atomic E-state index is 12.9. The highest BCUT2D eigenvalue weighted by Gasteiger charge is 2.41. The third kappa shape index (κ3) is 2.72. The molecule has 5 heteroatoms. The summed E-state index contributed by atoms with van der Waals surface area (Å²) < 4.78 is 11.6. The standard InChI is InChI=1S/C19H24N2O3/c1-23-14-6-11-24-19(12-14)7-9-21(10-8-19)18(22)16-13-20-17-5-3-2-4-15(16)17/h2-5,13-14,20H,6-12H2,1H3. The fourth-order valence-electron chi connectivity index (χ4n) is 4.07. The average molecular weight is 328 g/mol. The van der Waals surface area contributed by atoms with Crippen LogP contribution in [0.3, 0.4) is 0 Å². The van der Waals surface area contributed by atoms with E-state index in [0.29, 0.717) is 0 Å². The van der Waals surface area contributed by atoms with Crippen LogP contribution in [0.4, 0.5) is 0 Å². The number of likely N-dealkylation sites (tertiary alicyclic amines) is 1. The molecule has 4 rings (SSSR count). The number of aromatic nitrogens is 1. The van der Waals surface area contributed by atoms with Crippen LogP contribution in [0, 0.1) is 0 Å². The first-order valence-corrected chi connectivity index (χ1v) is 8.73. The van der Waals surface area contributed by atoms with Gasteiger partial charge in [-0.05, 0) is 25.3 Å². The van der Waals surface area contributed by atoms with Crippen molar-refractivity contribution >= 4 is 16.8 Å². The number of H-pyrrole nitrogens is 1. The van der Waals surface area contributed by atoms with E-state index in [-0.39, 0.29) is 17.6 Å². The summed E-state index contributed by atoms with van der Waals surface area (Å²) in [5.74, 6) is 0.112. The first-order valence-electron chi connectivity index (χ1n) is 8.73. The van der Waals surface area contributed by atoms with Crippen molar-refractivity contribution in [1.82, 2.24) is 9.88 Å². The van der Waals surface area contributed by atoms with E-state index in [1.807, 2.05) is 35.4 Å². The maximum Gasteiger partial charge on any atom is 0.256 e. The lowest BCUT2D eigenvalue weighted by Gasteiger charge is -2.45. The van der Waals surface area contributed by atoms with Crippen LogP contribution in [-0.2, 0) is 9.47 Å². The zero-order valence-corrected chi connectivity index (χ0v) is 14.1. The van der Waals surface area contributed by atoms with Crippen molar-refractivity contribution in [2.45, 2.75) is 37.4 Å². The molecule has 3 heterocycles. The molecule has 1 N–H and O–H groups in total. The minimum atomic E-state index is -0.101. The molecule has 0 aliphatic carbocycles. The molecule has 5 nitrogen and oxygen atoms in total. The molecule has 1 aromatic carbocycles. The fraction of sp³-hybridized carbons (Fsp3) is 0.526. The van der Waals surface area contributed by atoms with Crippen LogP contribution in [0.25, 0.3) is 10.9 Å². The molecule has 2 aliphatic heterocycles. The molecule has 0 saturated carbocycles. The molecule has 24 heavy (non-hydrogen) atoms. The first kappa shape index (κ1) is 15.7. The lowest BCUT2D eigenvalue weighted by molar-refractivity contribution is -0.146. The number of rotatable bonds is 2. The third-order valence-electron chi connectivity index (χ3n) is 5.56. The van der Waals surface area contributed by atoms with Crippen molar-refractivity contribution in [2.24, 2.45) is 0 Å². The van der Waals surface area contributed by atoms with Crippen LogP contribution in [-0.4, -0.2) is 54.3 Å². The molecule has 2 fully saturated rings. The maximum atomic E-state index is 12.9. The van der Waals surface area contributed by atoms with Crippen molar-refractivity contribution in [1.29, 1.82) is 0 Å². The lowest BCUT2D eigenvalue weighted by Crippen LogP contribution is -2.51. The number of methoxy groups -OCH3 is 1. The second-order valence-electron chi connectivity index (χ2n) is 6.92. The number of hydrogen-bond donors (Lipinski definition) is 1. The summed E-state index contributed by atoms with van der Waals surface area (Å²) >= 11 is 0. The summed E-state index contributed by atoms with van der Waals surface area (Å²) in [6, 6.07) is 7.94. The Balaban J connectivity index is 1.47. The number of nitrogens with one attached hydrogen (secondary N) is 1. The Morgan fingerprint density at radius 2 is 2.12 bits per heavy atom. The van der Waals surface area contributed by atoms with E-state index < -0.39 is 0 Å². The minimum Gasteiger partial charge on any atom is -0.381 e. The summed E-state index contributed by atoms with van der Waals surface area (Å²) in [6.45, 7) is 2.25. The molecule has 2 aromatic rings. The van der Waals surface area contributed by atoms with Gasteiger partial charge >= 0.3 is 0 Å². The lowest BCUT2D eigenvalue weighted by atomic mass is 9.83. The summed E-state index contributed by atoms with van der Waals surface area (Å²) in [5, 5.41) is 0.996. The smallest absolute Gasteiger partial charge is 0.256 e. The summed E-state index contributed by atoms with van der Waals surface area (Å²) in [7, 11) is 1.78. The van der Waals surface area contributed by atoms with Crippen LogP contribution in [0.1, 0.15) is 36.0 Å². The predicted molar refractivity (Wildman–Crippen MR) is 92.2 cm³/mol. The van der Waals surface area contributed by atoms with Crippen molar-refractivity contribution in [3.8, 4) is 0 Å². The average Bonchev–Trinajstić information content (AvgIpc) is 3.06. The van der Waals surface area contributed by atoms with Gasteiger partial charge in [0.15, 0.2) is 0 Å². The van der Waals surface area contributed by atoms with Gasteiger partial charge in [0.2, 0.25) is 0 Å². The van der Waals surface area contributed by atoms with Crippen LogP contribution in [0.2, 0.25) is 0 Å². The molecule has 2 aliphatic rings. The highest BCUT2D eigenvalue weighted by atomic mass is 16.5. The van der Waals surface area contributed by atoms with Crippen LogP contribution < -0.4 is 0 Å². The molecule has 1 atom stereocenters. The van der Waals surface area contributed by atoms with Gasteiger partial charge in [-0.25, -0.2) is 0 Å². The van der Waals surface area contributed by atoms with Crippen LogP contribution >= 0.6 is 0 Å². The fourth-order valence-corrected chi connectivity index (χ4v) is 4.07. The zero-order chi connectivity index (χ0) is 16.6. The number of piperidine rings is 1. The number of benzene rings is 1. The van der Waals surface area contributed by atoms with Gasteiger partial charge in [0.1, 0.15) is 0 Å². The Labute approximate surface area is 141 Å². The monoisotopic (exact) mass is 328 g/mol. The van der Waals surface area contributed by atoms with Crippen molar-refractivity contribution in [3.63, 3.8) is 0 Å². The van der Waals surface area contributed by atoms with E-state index in [0.717, 1.165) is 61.8 Å². The number of amides is 1. The number of carbonyl (C=O) groups excluding carboxylic acids is 1. The quantitative estimate of drug-likeness (QED) is 0.922. The van der Waals surface area contributed by atoms with Crippen molar-refractivity contribution in [3.05, 3.63) is 36.0 Å². The van der Waals surface area contributed by atoms with E-state index >= 15 is 0 Å². The van der Waals surface area contributed by atoms with Crippen molar-refractivity contribution < 1.29 is 14.3 Å². The van der Waals surface area contributed by atoms with Gasteiger partial charge in [0.25, 0.3) is 5.91 Å². The minimum absolute atomic E-state index is 0.101. The Morgan fingerprint density at radius 3 is 2.92 bits per heavy atom. The SMILES string of the molecule is COC1CCOC2(CCN(C(=O)c3c[nH]c4ccccc34)CC2)C1. The van der Waals surface area contributed by atoms with E-state index in [1.54, 1.807) is 7.11 Å². The van der Waals surface area contributed by atoms with Crippen LogP contribution in [0.15, 0.2) is 30.5 Å². The number of ether oxygens (including phenoxy) is 2. The molecule has 128 valence electrons. The van der Waals surface area contributed by atoms with Gasteiger partial charge < -0.3 is 19.4 Å². The normalized spacial score (nSPS) is 23.7. The molecule has 0 bridgehead atoms.